The van der Waals surface area contributed by atoms with Crippen molar-refractivity contribution < 1.29 is 13.2 Å². The molecule has 0 radical (unpaired) electrons. The second-order valence-electron chi connectivity index (χ2n) is 6.24. The number of rotatable bonds is 5. The summed E-state index contributed by atoms with van der Waals surface area (Å²) in [6.45, 7) is 3.46. The van der Waals surface area contributed by atoms with Gasteiger partial charge in [-0.2, -0.15) is 13.2 Å². The molecule has 2 aliphatic carbocycles. The maximum Gasteiger partial charge on any atom is 0.391 e. The third-order valence-electron chi connectivity index (χ3n) is 4.33. The topological polar surface area (TPSA) is 36.4 Å². The van der Waals surface area contributed by atoms with Gasteiger partial charge in [-0.25, -0.2) is 0 Å². The molecule has 2 aliphatic rings. The van der Waals surface area contributed by atoms with E-state index in [1.54, 1.807) is 0 Å². The van der Waals surface area contributed by atoms with Crippen LogP contribution in [0.4, 0.5) is 13.2 Å². The van der Waals surface area contributed by atoms with E-state index in [-0.39, 0.29) is 18.9 Å². The van der Waals surface area contributed by atoms with Crippen LogP contribution in [0.1, 0.15) is 51.9 Å². The fourth-order valence-electron chi connectivity index (χ4n) is 2.90. The number of nitrogens with one attached hydrogen (secondary N) is 2. The minimum absolute atomic E-state index is 0.121. The van der Waals surface area contributed by atoms with Crippen molar-refractivity contribution in [1.29, 1.82) is 0 Å². The molecular formula is C15H26F3N3. The first-order valence-electron chi connectivity index (χ1n) is 8.10. The van der Waals surface area contributed by atoms with Crippen LogP contribution < -0.4 is 10.6 Å². The molecule has 2 rings (SSSR count). The van der Waals surface area contributed by atoms with E-state index in [1.165, 1.54) is 12.8 Å². The van der Waals surface area contributed by atoms with Crippen LogP contribution in [-0.2, 0) is 0 Å². The Morgan fingerprint density at radius 1 is 1.19 bits per heavy atom. The van der Waals surface area contributed by atoms with Crippen LogP contribution in [0, 0.1) is 11.8 Å². The van der Waals surface area contributed by atoms with Crippen molar-refractivity contribution in [2.24, 2.45) is 16.8 Å². The molecule has 2 atom stereocenters. The van der Waals surface area contributed by atoms with Gasteiger partial charge in [-0.1, -0.05) is 19.3 Å². The maximum absolute atomic E-state index is 12.8. The summed E-state index contributed by atoms with van der Waals surface area (Å²) in [7, 11) is 0. The molecule has 0 aromatic heterocycles. The Balaban J connectivity index is 1.83. The monoisotopic (exact) mass is 305 g/mol. The second-order valence-corrected chi connectivity index (χ2v) is 6.24. The van der Waals surface area contributed by atoms with E-state index >= 15 is 0 Å². The molecule has 122 valence electrons. The smallest absolute Gasteiger partial charge is 0.357 e. The van der Waals surface area contributed by atoms with Crippen molar-refractivity contribution in [3.8, 4) is 0 Å². The first kappa shape index (κ1) is 16.4. The molecule has 2 fully saturated rings. The lowest BCUT2D eigenvalue weighted by atomic mass is 9.85. The van der Waals surface area contributed by atoms with Gasteiger partial charge in [0.2, 0.25) is 0 Å². The van der Waals surface area contributed by atoms with Crippen molar-refractivity contribution in [2.75, 3.05) is 13.1 Å². The van der Waals surface area contributed by atoms with E-state index in [4.69, 9.17) is 0 Å². The third kappa shape index (κ3) is 5.75. The molecule has 2 unspecified atom stereocenters. The van der Waals surface area contributed by atoms with Crippen LogP contribution in [0.2, 0.25) is 0 Å². The van der Waals surface area contributed by atoms with Crippen molar-refractivity contribution in [3.05, 3.63) is 0 Å². The Hall–Kier alpha value is -0.940. The molecule has 2 saturated carbocycles. The lowest BCUT2D eigenvalue weighted by Crippen LogP contribution is -2.46. The number of alkyl halides is 3. The average molecular weight is 305 g/mol. The molecule has 0 aromatic carbocycles. The van der Waals surface area contributed by atoms with Gasteiger partial charge in [-0.05, 0) is 38.5 Å². The largest absolute Gasteiger partial charge is 0.391 e. The van der Waals surface area contributed by atoms with E-state index in [2.05, 4.69) is 15.6 Å². The van der Waals surface area contributed by atoms with Gasteiger partial charge in [-0.15, -0.1) is 0 Å². The second kappa shape index (κ2) is 7.36. The SMILES string of the molecule is CCNC(=NCCC1CC1)NC1CCCC(C(F)(F)F)C1. The number of guanidine groups is 1. The van der Waals surface area contributed by atoms with Crippen LogP contribution in [0.15, 0.2) is 4.99 Å². The summed E-state index contributed by atoms with van der Waals surface area (Å²) in [6.07, 6.45) is 1.47. The van der Waals surface area contributed by atoms with Crippen LogP contribution in [0.25, 0.3) is 0 Å². The van der Waals surface area contributed by atoms with Gasteiger partial charge >= 0.3 is 6.18 Å². The lowest BCUT2D eigenvalue weighted by Gasteiger charge is -2.31. The highest BCUT2D eigenvalue weighted by molar-refractivity contribution is 5.80. The van der Waals surface area contributed by atoms with E-state index in [0.29, 0.717) is 12.4 Å². The quantitative estimate of drug-likeness (QED) is 0.603. The molecule has 0 amide bonds. The summed E-state index contributed by atoms with van der Waals surface area (Å²) in [5, 5.41) is 6.33. The Kier molecular flexibility index (Phi) is 5.76. The highest BCUT2D eigenvalue weighted by Gasteiger charge is 2.42. The van der Waals surface area contributed by atoms with E-state index in [1.807, 2.05) is 6.92 Å². The minimum Gasteiger partial charge on any atom is -0.357 e. The highest BCUT2D eigenvalue weighted by atomic mass is 19.4. The lowest BCUT2D eigenvalue weighted by molar-refractivity contribution is -0.183. The Labute approximate surface area is 124 Å². The summed E-state index contributed by atoms with van der Waals surface area (Å²) in [6, 6.07) is -0.121. The number of halogens is 3. The molecule has 3 nitrogen and oxygen atoms in total. The van der Waals surface area contributed by atoms with Gasteiger partial charge < -0.3 is 10.6 Å². The number of nitrogens with zero attached hydrogens (tertiary/aromatic N) is 1. The predicted molar refractivity (Wildman–Crippen MR) is 78.3 cm³/mol. The van der Waals surface area contributed by atoms with E-state index < -0.39 is 12.1 Å². The predicted octanol–water partition coefficient (Wildman–Crippen LogP) is 3.46. The van der Waals surface area contributed by atoms with Crippen LogP contribution in [0.3, 0.4) is 0 Å². The summed E-state index contributed by atoms with van der Waals surface area (Å²) >= 11 is 0. The Morgan fingerprint density at radius 2 is 1.95 bits per heavy atom. The molecule has 2 N–H and O–H groups in total. The van der Waals surface area contributed by atoms with E-state index in [0.717, 1.165) is 31.8 Å². The number of hydrogen-bond acceptors (Lipinski definition) is 1. The third-order valence-corrected chi connectivity index (χ3v) is 4.33. The van der Waals surface area contributed by atoms with E-state index in [9.17, 15) is 13.2 Å². The molecule has 6 heteroatoms. The maximum atomic E-state index is 12.8. The fraction of sp³-hybridized carbons (Fsp3) is 0.933. The van der Waals surface area contributed by atoms with Crippen LogP contribution in [-0.4, -0.2) is 31.3 Å². The summed E-state index contributed by atoms with van der Waals surface area (Å²) in [4.78, 5) is 4.49. The summed E-state index contributed by atoms with van der Waals surface area (Å²) < 4.78 is 38.5. The molecule has 21 heavy (non-hydrogen) atoms. The van der Waals surface area contributed by atoms with Crippen molar-refractivity contribution in [2.45, 2.75) is 64.1 Å². The number of aliphatic imine (C=N–C) groups is 1. The summed E-state index contributed by atoms with van der Waals surface area (Å²) in [5.74, 6) is 0.324. The zero-order valence-corrected chi connectivity index (χ0v) is 12.7. The minimum atomic E-state index is -4.07. The molecule has 0 heterocycles. The molecular weight excluding hydrogens is 279 g/mol. The Bertz CT molecular complexity index is 351. The average Bonchev–Trinajstić information content (AvgIpc) is 3.22. The van der Waals surface area contributed by atoms with Gasteiger partial charge in [-0.3, -0.25) is 4.99 Å². The van der Waals surface area contributed by atoms with Crippen molar-refractivity contribution in [1.82, 2.24) is 10.6 Å². The molecule has 0 aliphatic heterocycles. The molecule has 0 bridgehead atoms. The van der Waals surface area contributed by atoms with Crippen molar-refractivity contribution in [3.63, 3.8) is 0 Å². The summed E-state index contributed by atoms with van der Waals surface area (Å²) in [5.41, 5.74) is 0. The highest BCUT2D eigenvalue weighted by Crippen LogP contribution is 2.37. The van der Waals surface area contributed by atoms with Crippen molar-refractivity contribution >= 4 is 5.96 Å². The molecule has 0 aromatic rings. The fourth-order valence-corrected chi connectivity index (χ4v) is 2.90. The van der Waals surface area contributed by atoms with Gasteiger partial charge in [0.1, 0.15) is 0 Å². The van der Waals surface area contributed by atoms with Crippen LogP contribution in [0.5, 0.6) is 0 Å². The first-order chi connectivity index (χ1) is 9.99. The zero-order valence-electron chi connectivity index (χ0n) is 12.7. The molecule has 0 saturated heterocycles. The standard InChI is InChI=1S/C15H26F3N3/c1-2-19-14(20-9-8-11-6-7-11)21-13-5-3-4-12(10-13)15(16,17)18/h11-13H,2-10H2,1H3,(H2,19,20,21). The molecule has 0 spiro atoms. The first-order valence-corrected chi connectivity index (χ1v) is 8.10. The van der Waals surface area contributed by atoms with Gasteiger partial charge in [0, 0.05) is 19.1 Å². The van der Waals surface area contributed by atoms with Gasteiger partial charge in [0.25, 0.3) is 0 Å². The van der Waals surface area contributed by atoms with Gasteiger partial charge in [0.05, 0.1) is 5.92 Å². The zero-order chi connectivity index (χ0) is 15.3. The number of hydrogen-bond donors (Lipinski definition) is 2. The normalized spacial score (nSPS) is 27.5. The Morgan fingerprint density at radius 3 is 2.57 bits per heavy atom. The van der Waals surface area contributed by atoms with Gasteiger partial charge in [0.15, 0.2) is 5.96 Å². The van der Waals surface area contributed by atoms with Crippen LogP contribution >= 0.6 is 0 Å².